The Kier molecular flexibility index (Phi) is 28.3. The number of anilines is 6. The SMILES string of the molecule is CC(=O)c1ccc2c(c1)CCN(C(=O)OC(C)(C)C)C2.CC(C)(C)OC(=O)N1CCc2cc(C(=O)Nc3cccc(CNC(=O)Nc4ccc(C#N)cc4)c3)ccc2C1.N#Cc1ccc(NC(=O)NCc2cccc(N)c2)cc1.N#Cc1ccc(NC(=O)NCc2cccc(NC(=O)c3ccc4c(c3)CCNC4)c2)cc1. The Hall–Kier alpha value is -13.8. The molecular weight excluding hydrogens is 1400 g/mol. The maximum Gasteiger partial charge on any atom is 0.410 e. The minimum Gasteiger partial charge on any atom is -0.444 e. The van der Waals surface area contributed by atoms with Gasteiger partial charge >= 0.3 is 30.3 Å². The van der Waals surface area contributed by atoms with Crippen LogP contribution in [0.4, 0.5) is 58.1 Å². The lowest BCUT2D eigenvalue weighted by Gasteiger charge is -2.31. The number of fused-ring (bicyclic) bond motifs is 3. The summed E-state index contributed by atoms with van der Waals surface area (Å²) in [6.45, 7) is 17.6. The van der Waals surface area contributed by atoms with E-state index < -0.39 is 11.2 Å². The topological polar surface area (TPSA) is 367 Å². The van der Waals surface area contributed by atoms with E-state index in [9.17, 15) is 38.4 Å². The van der Waals surface area contributed by atoms with Gasteiger partial charge in [0.25, 0.3) is 11.8 Å². The summed E-state index contributed by atoms with van der Waals surface area (Å²) in [5.41, 5.74) is 21.2. The number of urea groups is 3. The van der Waals surface area contributed by atoms with Crippen LogP contribution in [0.1, 0.15) is 146 Å². The largest absolute Gasteiger partial charge is 0.444 e. The molecule has 3 heterocycles. The van der Waals surface area contributed by atoms with E-state index in [1.807, 2.05) is 163 Å². The highest BCUT2D eigenvalue weighted by Crippen LogP contribution is 2.27. The number of carbonyl (C=O) groups is 8. The molecule has 25 heteroatoms. The molecule has 0 aliphatic carbocycles. The summed E-state index contributed by atoms with van der Waals surface area (Å²) in [5.74, 6) is -0.326. The maximum absolute atomic E-state index is 13.0. The fourth-order valence-electron chi connectivity index (χ4n) is 11.6. The van der Waals surface area contributed by atoms with Gasteiger partial charge in [0.1, 0.15) is 11.2 Å². The van der Waals surface area contributed by atoms with Crippen molar-refractivity contribution in [1.29, 1.82) is 15.8 Å². The zero-order chi connectivity index (χ0) is 79.6. The summed E-state index contributed by atoms with van der Waals surface area (Å²) in [7, 11) is 0. The van der Waals surface area contributed by atoms with Crippen LogP contribution < -0.4 is 53.6 Å². The van der Waals surface area contributed by atoms with Crippen LogP contribution in [0.2, 0.25) is 0 Å². The molecular formula is C86H89N15O10. The fourth-order valence-corrected chi connectivity index (χ4v) is 11.6. The molecule has 0 atom stereocenters. The van der Waals surface area contributed by atoms with E-state index in [0.717, 1.165) is 70.4 Å². The number of nitriles is 3. The summed E-state index contributed by atoms with van der Waals surface area (Å²) in [6.07, 6.45) is 1.70. The molecule has 568 valence electrons. The predicted octanol–water partition coefficient (Wildman–Crippen LogP) is 14.8. The average molecular weight is 1490 g/mol. The van der Waals surface area contributed by atoms with E-state index in [1.54, 1.807) is 114 Å². The number of benzene rings is 9. The molecule has 0 unspecified atom stereocenters. The molecule has 11 N–H and O–H groups in total. The Bertz CT molecular complexity index is 4990. The summed E-state index contributed by atoms with van der Waals surface area (Å²) in [6, 6.07) is 63.9. The molecule has 0 saturated heterocycles. The summed E-state index contributed by atoms with van der Waals surface area (Å²) >= 11 is 0. The molecule has 111 heavy (non-hydrogen) atoms. The number of nitrogen functional groups attached to an aromatic ring is 1. The molecule has 12 rings (SSSR count). The molecule has 0 aromatic heterocycles. The first-order valence-electron chi connectivity index (χ1n) is 36.0. The first kappa shape index (κ1) is 81.3. The van der Waals surface area contributed by atoms with Crippen LogP contribution in [0, 0.1) is 34.0 Å². The number of nitrogens with two attached hydrogens (primary N) is 1. The van der Waals surface area contributed by atoms with Crippen LogP contribution in [0.3, 0.4) is 0 Å². The molecule has 3 aliphatic rings. The van der Waals surface area contributed by atoms with E-state index in [-0.39, 0.29) is 54.4 Å². The van der Waals surface area contributed by atoms with Crippen LogP contribution in [-0.2, 0) is 68.0 Å². The first-order chi connectivity index (χ1) is 53.1. The highest BCUT2D eigenvalue weighted by atomic mass is 16.6. The second kappa shape index (κ2) is 38.6. The molecule has 10 amide bonds. The minimum absolute atomic E-state index is 0.0716. The van der Waals surface area contributed by atoms with Gasteiger partial charge in [-0.25, -0.2) is 24.0 Å². The number of carbonyl (C=O) groups excluding carboxylic acids is 8. The minimum atomic E-state index is -0.550. The Balaban J connectivity index is 0.000000177. The molecule has 0 bridgehead atoms. The Labute approximate surface area is 645 Å². The third kappa shape index (κ3) is 26.0. The zero-order valence-corrected chi connectivity index (χ0v) is 62.9. The summed E-state index contributed by atoms with van der Waals surface area (Å²) in [5, 5.41) is 52.0. The third-order valence-corrected chi connectivity index (χ3v) is 17.3. The van der Waals surface area contributed by atoms with Crippen molar-refractivity contribution in [3.8, 4) is 18.2 Å². The van der Waals surface area contributed by atoms with Gasteiger partial charge in [-0.3, -0.25) is 14.4 Å². The van der Waals surface area contributed by atoms with Gasteiger partial charge in [-0.15, -0.1) is 0 Å². The number of ketones is 1. The predicted molar refractivity (Wildman–Crippen MR) is 426 cm³/mol. The van der Waals surface area contributed by atoms with Crippen LogP contribution in [-0.4, -0.2) is 88.5 Å². The second-order valence-corrected chi connectivity index (χ2v) is 28.3. The third-order valence-electron chi connectivity index (χ3n) is 17.3. The molecule has 25 nitrogen and oxygen atoms in total. The fraction of sp³-hybridized carbons (Fsp3) is 0.244. The van der Waals surface area contributed by atoms with Crippen LogP contribution >= 0.6 is 0 Å². The summed E-state index contributed by atoms with van der Waals surface area (Å²) < 4.78 is 10.9. The van der Waals surface area contributed by atoms with Gasteiger partial charge in [-0.2, -0.15) is 15.8 Å². The van der Waals surface area contributed by atoms with E-state index in [0.29, 0.717) is 108 Å². The van der Waals surface area contributed by atoms with Gasteiger partial charge in [-0.05, 0) is 264 Å². The van der Waals surface area contributed by atoms with Crippen molar-refractivity contribution >= 4 is 82.0 Å². The van der Waals surface area contributed by atoms with Crippen LogP contribution in [0.15, 0.2) is 200 Å². The monoisotopic (exact) mass is 1490 g/mol. The zero-order valence-electron chi connectivity index (χ0n) is 62.9. The Morgan fingerprint density at radius 1 is 0.414 bits per heavy atom. The van der Waals surface area contributed by atoms with Crippen molar-refractivity contribution in [2.75, 3.05) is 52.0 Å². The first-order valence-corrected chi connectivity index (χ1v) is 36.0. The van der Waals surface area contributed by atoms with Gasteiger partial charge in [-0.1, -0.05) is 60.7 Å². The van der Waals surface area contributed by atoms with Gasteiger partial charge in [0.05, 0.1) is 34.9 Å². The number of ether oxygens (including phenoxy) is 2. The highest BCUT2D eigenvalue weighted by Gasteiger charge is 2.28. The van der Waals surface area contributed by atoms with Gasteiger partial charge in [0, 0.05) is 103 Å². The number of hydrogen-bond donors (Lipinski definition) is 10. The lowest BCUT2D eigenvalue weighted by atomic mass is 9.96. The van der Waals surface area contributed by atoms with Gasteiger partial charge in [0.15, 0.2) is 5.78 Å². The van der Waals surface area contributed by atoms with E-state index in [1.165, 1.54) is 11.1 Å². The molecule has 9 aromatic carbocycles. The lowest BCUT2D eigenvalue weighted by Crippen LogP contribution is -2.39. The quantitative estimate of drug-likeness (QED) is 0.0357. The van der Waals surface area contributed by atoms with Crippen LogP contribution in [0.25, 0.3) is 0 Å². The number of amides is 10. The maximum atomic E-state index is 13.0. The van der Waals surface area contributed by atoms with E-state index >= 15 is 0 Å². The molecule has 0 fully saturated rings. The number of nitrogens with one attached hydrogen (secondary N) is 9. The Morgan fingerprint density at radius 3 is 1.15 bits per heavy atom. The summed E-state index contributed by atoms with van der Waals surface area (Å²) in [4.78, 5) is 101. The van der Waals surface area contributed by atoms with Crippen molar-refractivity contribution in [2.24, 2.45) is 0 Å². The molecule has 0 radical (unpaired) electrons. The lowest BCUT2D eigenvalue weighted by molar-refractivity contribution is 0.0214. The molecule has 3 aliphatic heterocycles. The van der Waals surface area contributed by atoms with E-state index in [2.05, 4.69) is 47.9 Å². The number of rotatable bonds is 14. The Morgan fingerprint density at radius 2 is 0.775 bits per heavy atom. The highest BCUT2D eigenvalue weighted by molar-refractivity contribution is 6.05. The molecule has 0 saturated carbocycles. The standard InChI is InChI=1S/C30H31N5O4.C25H23N5O2.C16H21NO3.C15H14N4O/c1-30(2,3)39-29(38)35-14-13-22-16-23(9-10-24(22)19-35)27(36)33-26-6-4-5-21(15-26)18-32-28(37)34-25-11-7-20(17-31)8-12-25;26-14-17-4-8-22(9-5-17)30-25(32)28-15-18-2-1-3-23(12-18)29-24(31)20-6-7-21-16-27-11-10-19(21)13-20;1-11(18)12-5-6-14-10-17(8-7-13(14)9-12)15(19)20-16(2,3)4;16-9-11-4-6-14(7-5-11)19-15(20)18-10-12-2-1-3-13(17)8-12/h4-12,15-16H,13-14,18-19H2,1-3H3,(H,33,36)(H2,32,34,37);1-9,12-13,27H,10-11,15-16H2,(H,29,31)(H2,28,30,32);5-6,9H,7-8,10H2,1-4H3;1-8H,10,17H2,(H2,18,19,20). The average Bonchev–Trinajstić information content (AvgIpc) is 0.815. The molecule has 0 spiro atoms. The van der Waals surface area contributed by atoms with Crippen molar-refractivity contribution < 1.29 is 47.8 Å². The van der Waals surface area contributed by atoms with Crippen molar-refractivity contribution in [1.82, 2.24) is 31.1 Å². The van der Waals surface area contributed by atoms with E-state index in [4.69, 9.17) is 31.0 Å². The van der Waals surface area contributed by atoms with Crippen LogP contribution in [0.5, 0.6) is 0 Å². The van der Waals surface area contributed by atoms with Crippen molar-refractivity contribution in [3.05, 3.63) is 284 Å². The van der Waals surface area contributed by atoms with Crippen molar-refractivity contribution in [2.45, 2.75) is 118 Å². The van der Waals surface area contributed by atoms with Crippen molar-refractivity contribution in [3.63, 3.8) is 0 Å². The van der Waals surface area contributed by atoms with Gasteiger partial charge in [0.2, 0.25) is 0 Å². The number of Topliss-reactive ketones (excluding diaryl/α,β-unsaturated/α-hetero) is 1. The number of nitrogens with zero attached hydrogens (tertiary/aromatic N) is 5. The van der Waals surface area contributed by atoms with Gasteiger partial charge < -0.3 is 72.9 Å². The second-order valence-electron chi connectivity index (χ2n) is 28.3. The smallest absolute Gasteiger partial charge is 0.410 e. The normalized spacial score (nSPS) is 12.3. The number of hydrogen-bond acceptors (Lipinski definition) is 15. The molecule has 9 aromatic rings.